The van der Waals surface area contributed by atoms with Crippen molar-refractivity contribution >= 4 is 28.4 Å². The summed E-state index contributed by atoms with van der Waals surface area (Å²) in [5.41, 5.74) is 1.98. The van der Waals surface area contributed by atoms with Gasteiger partial charge in [0, 0.05) is 30.1 Å². The van der Waals surface area contributed by atoms with Gasteiger partial charge < -0.3 is 15.1 Å². The van der Waals surface area contributed by atoms with Crippen LogP contribution in [-0.2, 0) is 11.2 Å². The second-order valence-corrected chi connectivity index (χ2v) is 9.41. The molecular formula is C25H36N4O2S. The number of likely N-dealkylation sites (tertiary alicyclic amines) is 1. The lowest BCUT2D eigenvalue weighted by Crippen LogP contribution is -2.60. The zero-order valence-electron chi connectivity index (χ0n) is 19.6. The Kier molecular flexibility index (Phi) is 9.09. The fourth-order valence-electron chi connectivity index (χ4n) is 4.03. The topological polar surface area (TPSA) is 65.5 Å². The van der Waals surface area contributed by atoms with E-state index in [1.54, 1.807) is 4.90 Å². The number of amides is 3. The molecule has 32 heavy (non-hydrogen) atoms. The Labute approximate surface area is 196 Å². The van der Waals surface area contributed by atoms with E-state index in [1.807, 2.05) is 35.2 Å². The lowest BCUT2D eigenvalue weighted by molar-refractivity contribution is -0.123. The van der Waals surface area contributed by atoms with Gasteiger partial charge in [0.05, 0.1) is 5.69 Å². The summed E-state index contributed by atoms with van der Waals surface area (Å²) in [7, 11) is 0. The summed E-state index contributed by atoms with van der Waals surface area (Å²) in [6.07, 6.45) is 7.01. The average molecular weight is 457 g/mol. The molecule has 1 saturated heterocycles. The molecule has 1 unspecified atom stereocenters. The number of unbranched alkanes of at least 4 members (excludes halogenated alkanes) is 3. The van der Waals surface area contributed by atoms with Crippen molar-refractivity contribution in [2.75, 3.05) is 25.0 Å². The normalized spacial score (nSPS) is 15.3. The fourth-order valence-corrected chi connectivity index (χ4v) is 4.95. The Hall–Kier alpha value is -2.41. The van der Waals surface area contributed by atoms with Crippen molar-refractivity contribution in [3.05, 3.63) is 35.2 Å². The maximum absolute atomic E-state index is 13.1. The van der Waals surface area contributed by atoms with Crippen LogP contribution in [0.2, 0.25) is 0 Å². The van der Waals surface area contributed by atoms with Crippen LogP contribution in [-0.4, -0.2) is 52.4 Å². The molecule has 0 saturated carbocycles. The monoisotopic (exact) mass is 456 g/mol. The molecule has 0 radical (unpaired) electrons. The van der Waals surface area contributed by atoms with Crippen molar-refractivity contribution in [1.29, 1.82) is 0 Å². The third-order valence-electron chi connectivity index (χ3n) is 5.91. The predicted molar refractivity (Wildman–Crippen MR) is 132 cm³/mol. The molecule has 1 atom stereocenters. The highest BCUT2D eigenvalue weighted by Gasteiger charge is 2.39. The van der Waals surface area contributed by atoms with E-state index in [2.05, 4.69) is 26.1 Å². The number of aryl methyl sites for hydroxylation is 1. The van der Waals surface area contributed by atoms with Gasteiger partial charge in [-0.2, -0.15) is 0 Å². The molecule has 0 bridgehead atoms. The van der Waals surface area contributed by atoms with Gasteiger partial charge in [-0.05, 0) is 25.7 Å². The second kappa shape index (κ2) is 12.0. The van der Waals surface area contributed by atoms with Crippen molar-refractivity contribution in [3.8, 4) is 11.3 Å². The summed E-state index contributed by atoms with van der Waals surface area (Å²) in [6.45, 7) is 8.52. The molecule has 174 valence electrons. The molecule has 6 nitrogen and oxygen atoms in total. The highest BCUT2D eigenvalue weighted by molar-refractivity contribution is 7.16. The summed E-state index contributed by atoms with van der Waals surface area (Å²) >= 11 is 1.52. The second-order valence-electron chi connectivity index (χ2n) is 8.33. The molecule has 1 aliphatic rings. The van der Waals surface area contributed by atoms with Crippen LogP contribution in [0, 0.1) is 0 Å². The van der Waals surface area contributed by atoms with Gasteiger partial charge in [-0.25, -0.2) is 9.78 Å². The lowest BCUT2D eigenvalue weighted by Gasteiger charge is -2.42. The highest BCUT2D eigenvalue weighted by atomic mass is 32.1. The number of carbonyl (C=O) groups excluding carboxylic acids is 2. The number of hydrogen-bond acceptors (Lipinski definition) is 4. The van der Waals surface area contributed by atoms with Crippen molar-refractivity contribution in [2.45, 2.75) is 71.8 Å². The molecule has 3 rings (SSSR count). The highest BCUT2D eigenvalue weighted by Crippen LogP contribution is 2.32. The van der Waals surface area contributed by atoms with Crippen LogP contribution < -0.4 is 5.32 Å². The van der Waals surface area contributed by atoms with Crippen LogP contribution in [0.25, 0.3) is 11.3 Å². The summed E-state index contributed by atoms with van der Waals surface area (Å²) in [5.74, 6) is -0.136. The minimum Gasteiger partial charge on any atom is -0.325 e. The Morgan fingerprint density at radius 3 is 2.50 bits per heavy atom. The van der Waals surface area contributed by atoms with Crippen molar-refractivity contribution in [3.63, 3.8) is 0 Å². The van der Waals surface area contributed by atoms with Gasteiger partial charge in [-0.15, -0.1) is 11.3 Å². The molecule has 1 aliphatic heterocycles. The van der Waals surface area contributed by atoms with Crippen molar-refractivity contribution < 1.29 is 9.59 Å². The summed E-state index contributed by atoms with van der Waals surface area (Å²) < 4.78 is 0. The molecule has 0 spiro atoms. The fraction of sp³-hybridized carbons (Fsp3) is 0.560. The first-order valence-electron chi connectivity index (χ1n) is 12.0. The van der Waals surface area contributed by atoms with E-state index in [0.717, 1.165) is 54.9 Å². The van der Waals surface area contributed by atoms with E-state index in [0.29, 0.717) is 18.1 Å². The third kappa shape index (κ3) is 5.88. The van der Waals surface area contributed by atoms with Crippen LogP contribution in [0.5, 0.6) is 0 Å². The largest absolute Gasteiger partial charge is 0.325 e. The number of rotatable bonds is 11. The molecule has 1 fully saturated rings. The van der Waals surface area contributed by atoms with Crippen LogP contribution >= 0.6 is 11.3 Å². The summed E-state index contributed by atoms with van der Waals surface area (Å²) in [5, 5.41) is 3.59. The lowest BCUT2D eigenvalue weighted by atomic mass is 10.0. The quantitative estimate of drug-likeness (QED) is 0.435. The van der Waals surface area contributed by atoms with Gasteiger partial charge in [-0.3, -0.25) is 4.79 Å². The number of nitrogens with one attached hydrogen (secondary N) is 1. The number of benzene rings is 1. The number of urea groups is 1. The SMILES string of the molecule is CCCCCCN(CCC)C(=O)N1CCC1C(=O)Nc1nc(-c2ccccc2)c(CC)s1. The molecule has 1 N–H and O–H groups in total. The van der Waals surface area contributed by atoms with Crippen LogP contribution in [0.1, 0.15) is 64.2 Å². The van der Waals surface area contributed by atoms with E-state index in [4.69, 9.17) is 4.98 Å². The van der Waals surface area contributed by atoms with Crippen molar-refractivity contribution in [2.24, 2.45) is 0 Å². The predicted octanol–water partition coefficient (Wildman–Crippen LogP) is 5.80. The smallest absolute Gasteiger partial charge is 0.320 e. The Morgan fingerprint density at radius 1 is 1.09 bits per heavy atom. The van der Waals surface area contributed by atoms with Gasteiger partial charge >= 0.3 is 6.03 Å². The zero-order valence-corrected chi connectivity index (χ0v) is 20.4. The van der Waals surface area contributed by atoms with Gasteiger partial charge in [-0.1, -0.05) is 70.4 Å². The van der Waals surface area contributed by atoms with E-state index >= 15 is 0 Å². The van der Waals surface area contributed by atoms with Gasteiger partial charge in [0.1, 0.15) is 6.04 Å². The molecule has 1 aromatic heterocycles. The third-order valence-corrected chi connectivity index (χ3v) is 7.02. The van der Waals surface area contributed by atoms with Crippen LogP contribution in [0.4, 0.5) is 9.93 Å². The molecule has 2 aromatic rings. The van der Waals surface area contributed by atoms with Crippen LogP contribution in [0.15, 0.2) is 30.3 Å². The number of thiazole rings is 1. The van der Waals surface area contributed by atoms with Crippen molar-refractivity contribution in [1.82, 2.24) is 14.8 Å². The standard InChI is InChI=1S/C25H36N4O2S/c1-4-7-8-12-17-28(16-5-2)25(31)29-18-15-20(29)23(30)27-24-26-22(21(6-3)32-24)19-13-10-9-11-14-19/h9-11,13-14,20H,4-8,12,15-18H2,1-3H3,(H,26,27,30). The van der Waals surface area contributed by atoms with Gasteiger partial charge in [0.15, 0.2) is 5.13 Å². The number of carbonyl (C=O) groups is 2. The Balaban J connectivity index is 1.63. The first-order valence-corrected chi connectivity index (χ1v) is 12.8. The summed E-state index contributed by atoms with van der Waals surface area (Å²) in [4.78, 5) is 35.6. The number of aromatic nitrogens is 1. The number of hydrogen-bond donors (Lipinski definition) is 1. The van der Waals surface area contributed by atoms with Crippen LogP contribution in [0.3, 0.4) is 0 Å². The maximum Gasteiger partial charge on any atom is 0.320 e. The zero-order chi connectivity index (χ0) is 22.9. The van der Waals surface area contributed by atoms with E-state index < -0.39 is 6.04 Å². The first kappa shape index (κ1) is 24.2. The van der Waals surface area contributed by atoms with E-state index in [-0.39, 0.29) is 11.9 Å². The molecule has 1 aromatic carbocycles. The molecule has 7 heteroatoms. The Bertz CT molecular complexity index is 883. The Morgan fingerprint density at radius 2 is 1.88 bits per heavy atom. The van der Waals surface area contributed by atoms with E-state index in [1.165, 1.54) is 24.2 Å². The van der Waals surface area contributed by atoms with Gasteiger partial charge in [0.2, 0.25) is 5.91 Å². The minimum absolute atomic E-state index is 0.00638. The number of nitrogens with zero attached hydrogens (tertiary/aromatic N) is 3. The first-order chi connectivity index (χ1) is 15.6. The van der Waals surface area contributed by atoms with E-state index in [9.17, 15) is 9.59 Å². The van der Waals surface area contributed by atoms with Gasteiger partial charge in [0.25, 0.3) is 0 Å². The average Bonchev–Trinajstić information content (AvgIpc) is 3.18. The minimum atomic E-state index is -0.411. The summed E-state index contributed by atoms with van der Waals surface area (Å²) in [6, 6.07) is 9.63. The number of anilines is 1. The molecule has 2 heterocycles. The molecule has 0 aliphatic carbocycles. The molecule has 3 amide bonds. The molecular weight excluding hydrogens is 420 g/mol. The maximum atomic E-state index is 13.1.